The quantitative estimate of drug-likeness (QED) is 0.135. The average Bonchev–Trinajstić information content (AvgIpc) is 2.92. The Morgan fingerprint density at radius 2 is 1.92 bits per heavy atom. The monoisotopic (exact) mass is 545 g/mol. The van der Waals surface area contributed by atoms with Crippen molar-refractivity contribution in [2.24, 2.45) is 16.5 Å². The molecule has 8 N–H and O–H groups in total. The summed E-state index contributed by atoms with van der Waals surface area (Å²) in [5.74, 6) is -0.389. The number of ether oxygens (including phenoxy) is 3. The summed E-state index contributed by atoms with van der Waals surface area (Å²) in [5.41, 5.74) is 15.5. The van der Waals surface area contributed by atoms with E-state index in [0.717, 1.165) is 35.8 Å². The third-order valence-electron chi connectivity index (χ3n) is 5.78. The van der Waals surface area contributed by atoms with Crippen LogP contribution in [0.1, 0.15) is 25.3 Å². The van der Waals surface area contributed by atoms with Gasteiger partial charge in [0.2, 0.25) is 0 Å². The predicted octanol–water partition coefficient (Wildman–Crippen LogP) is -0.603. The van der Waals surface area contributed by atoms with Gasteiger partial charge in [0.15, 0.2) is 12.0 Å². The van der Waals surface area contributed by atoms with Gasteiger partial charge in [0, 0.05) is 26.0 Å². The molecule has 1 aliphatic rings. The number of nitrogens with two attached hydrogens (primary N) is 2. The Labute approximate surface area is 228 Å². The van der Waals surface area contributed by atoms with Crippen LogP contribution in [0.15, 0.2) is 53.5 Å². The van der Waals surface area contributed by atoms with Crippen LogP contribution < -0.4 is 36.7 Å². The van der Waals surface area contributed by atoms with Gasteiger partial charge in [-0.15, -0.1) is 0 Å². The highest BCUT2D eigenvalue weighted by molar-refractivity contribution is 5.75. The van der Waals surface area contributed by atoms with Gasteiger partial charge in [-0.05, 0) is 43.2 Å². The van der Waals surface area contributed by atoms with Gasteiger partial charge in [0.05, 0.1) is 24.7 Å². The van der Waals surface area contributed by atoms with Crippen molar-refractivity contribution in [3.8, 4) is 11.5 Å². The summed E-state index contributed by atoms with van der Waals surface area (Å²) in [6.07, 6.45) is 0.481. The zero-order valence-electron chi connectivity index (χ0n) is 22.3. The third-order valence-corrected chi connectivity index (χ3v) is 5.78. The standard InChI is InChI=1S/C21H25NO5.C6H14N4O2/c1-2-25-20(21(23)24)15-16-7-9-17(10-8-16)26-13-11-22-12-14-27-19-6-4-3-5-18(19)22;7-4(5(11)12)2-1-3-10-6(8)9/h3-10,20H,2,11-15H2,1H3,(H,23,24);4H,1-3,7H2,(H,11,12)(H4,8,9,10). The molecular formula is C27H39N5O7. The lowest BCUT2D eigenvalue weighted by molar-refractivity contribution is -0.409. The molecule has 0 saturated carbocycles. The smallest absolute Gasteiger partial charge is 0.362 e. The Morgan fingerprint density at radius 1 is 1.21 bits per heavy atom. The second kappa shape index (κ2) is 16.7. The van der Waals surface area contributed by atoms with Crippen LogP contribution in [0.25, 0.3) is 0 Å². The van der Waals surface area contributed by atoms with Crippen molar-refractivity contribution in [3.63, 3.8) is 0 Å². The molecule has 0 bridgehead atoms. The number of para-hydroxylation sites is 2. The number of quaternary nitrogens is 1. The first-order valence-electron chi connectivity index (χ1n) is 12.8. The fourth-order valence-electron chi connectivity index (χ4n) is 3.75. The highest BCUT2D eigenvalue weighted by Crippen LogP contribution is 2.30. The van der Waals surface area contributed by atoms with Crippen molar-refractivity contribution in [2.75, 3.05) is 44.4 Å². The fourth-order valence-corrected chi connectivity index (χ4v) is 3.75. The first kappa shape index (κ1) is 31.2. The number of carbonyl (C=O) groups excluding carboxylic acids is 1. The molecular weight excluding hydrogens is 506 g/mol. The molecule has 0 aliphatic carbocycles. The predicted molar refractivity (Wildman–Crippen MR) is 144 cm³/mol. The molecule has 12 nitrogen and oxygen atoms in total. The van der Waals surface area contributed by atoms with Crippen LogP contribution in [0.4, 0.5) is 5.69 Å². The fraction of sp³-hybridized carbons (Fsp3) is 0.444. The van der Waals surface area contributed by atoms with E-state index in [1.54, 1.807) is 6.92 Å². The van der Waals surface area contributed by atoms with Gasteiger partial charge in [-0.2, -0.15) is 0 Å². The second-order valence-electron chi connectivity index (χ2n) is 8.75. The molecule has 214 valence electrons. The van der Waals surface area contributed by atoms with Crippen molar-refractivity contribution in [1.29, 1.82) is 0 Å². The van der Waals surface area contributed by atoms with Gasteiger partial charge >= 0.3 is 5.97 Å². The van der Waals surface area contributed by atoms with E-state index in [2.05, 4.69) is 21.7 Å². The first-order chi connectivity index (χ1) is 18.7. The van der Waals surface area contributed by atoms with Gasteiger partial charge in [0.1, 0.15) is 30.8 Å². The molecule has 0 saturated heterocycles. The van der Waals surface area contributed by atoms with E-state index in [9.17, 15) is 14.7 Å². The van der Waals surface area contributed by atoms with Crippen molar-refractivity contribution < 1.29 is 39.7 Å². The summed E-state index contributed by atoms with van der Waals surface area (Å²) in [7, 11) is 0. The van der Waals surface area contributed by atoms with Gasteiger partial charge in [-0.3, -0.25) is 4.99 Å². The van der Waals surface area contributed by atoms with Gasteiger partial charge in [-0.1, -0.05) is 24.3 Å². The number of aliphatic carboxylic acids is 2. The second-order valence-corrected chi connectivity index (χ2v) is 8.75. The van der Waals surface area contributed by atoms with Crippen molar-refractivity contribution in [2.45, 2.75) is 38.3 Å². The zero-order chi connectivity index (χ0) is 28.6. The molecule has 1 aliphatic heterocycles. The Balaban J connectivity index is 0.000000377. The topological polar surface area (TPSA) is 200 Å². The first-order valence-corrected chi connectivity index (χ1v) is 12.8. The van der Waals surface area contributed by atoms with E-state index >= 15 is 0 Å². The Bertz CT molecular complexity index is 1060. The lowest BCUT2D eigenvalue weighted by Crippen LogP contribution is -2.64. The third kappa shape index (κ3) is 11.5. The lowest BCUT2D eigenvalue weighted by Gasteiger charge is -2.31. The zero-order valence-corrected chi connectivity index (χ0v) is 22.3. The molecule has 1 heterocycles. The maximum absolute atomic E-state index is 11.1. The van der Waals surface area contributed by atoms with Crippen LogP contribution in [0.5, 0.6) is 11.5 Å². The van der Waals surface area contributed by atoms with Crippen LogP contribution >= 0.6 is 0 Å². The van der Waals surface area contributed by atoms with Crippen molar-refractivity contribution in [3.05, 3.63) is 54.1 Å². The van der Waals surface area contributed by atoms with E-state index in [1.165, 1.54) is 0 Å². The van der Waals surface area contributed by atoms with E-state index in [-0.39, 0.29) is 12.4 Å². The minimum absolute atomic E-state index is 0.0333. The molecule has 3 rings (SSSR count). The minimum Gasteiger partial charge on any atom is -0.547 e. The maximum atomic E-state index is 11.1. The minimum atomic E-state index is -1.19. The summed E-state index contributed by atoms with van der Waals surface area (Å²) in [6, 6.07) is 14.8. The molecule has 12 heteroatoms. The Morgan fingerprint density at radius 3 is 2.56 bits per heavy atom. The SMILES string of the molecule is CCOC(Cc1ccc(OCCN2CCOc3ccccc32)cc1)C(=O)[O-].NC(N)=NCCCC([NH3+])C(=O)O. The van der Waals surface area contributed by atoms with E-state index < -0.39 is 24.1 Å². The number of hydrogen-bond donors (Lipinski definition) is 4. The van der Waals surface area contributed by atoms with Crippen molar-refractivity contribution >= 4 is 23.6 Å². The Kier molecular flexibility index (Phi) is 13.4. The highest BCUT2D eigenvalue weighted by Gasteiger charge is 2.17. The lowest BCUT2D eigenvalue weighted by atomic mass is 10.1. The van der Waals surface area contributed by atoms with Crippen molar-refractivity contribution in [1.82, 2.24) is 0 Å². The molecule has 0 spiro atoms. The molecule has 2 unspecified atom stereocenters. The Hall–Kier alpha value is -4.03. The molecule has 0 radical (unpaired) electrons. The van der Waals surface area contributed by atoms with E-state index in [0.29, 0.717) is 39.2 Å². The summed E-state index contributed by atoms with van der Waals surface area (Å²) < 4.78 is 16.7. The highest BCUT2D eigenvalue weighted by atomic mass is 16.5. The number of aliphatic imine (C=N–C) groups is 1. The molecule has 2 atom stereocenters. The molecule has 0 aromatic heterocycles. The van der Waals surface area contributed by atoms with Gasteiger partial charge in [-0.25, -0.2) is 4.79 Å². The van der Waals surface area contributed by atoms with Gasteiger partial charge < -0.3 is 51.3 Å². The summed E-state index contributed by atoms with van der Waals surface area (Å²) in [6.45, 7) is 5.38. The summed E-state index contributed by atoms with van der Waals surface area (Å²) >= 11 is 0. The number of guanidine groups is 1. The number of nitrogens with zero attached hydrogens (tertiary/aromatic N) is 2. The number of anilines is 1. The molecule has 2 aromatic rings. The van der Waals surface area contributed by atoms with E-state index in [1.807, 2.05) is 42.5 Å². The van der Waals surface area contributed by atoms with Gasteiger partial charge in [0.25, 0.3) is 0 Å². The normalized spacial score (nSPS) is 13.5. The van der Waals surface area contributed by atoms with E-state index in [4.69, 9.17) is 30.8 Å². The van der Waals surface area contributed by atoms with Crippen LogP contribution in [-0.2, 0) is 20.7 Å². The number of rotatable bonds is 14. The van der Waals surface area contributed by atoms with Crippen LogP contribution in [-0.4, -0.2) is 74.6 Å². The average molecular weight is 546 g/mol. The molecule has 39 heavy (non-hydrogen) atoms. The number of carbonyl (C=O) groups is 2. The molecule has 0 amide bonds. The van der Waals surface area contributed by atoms with Crippen LogP contribution in [0.3, 0.4) is 0 Å². The molecule has 0 fully saturated rings. The number of carboxylic acids is 2. The van der Waals surface area contributed by atoms with Crippen LogP contribution in [0.2, 0.25) is 0 Å². The summed E-state index contributed by atoms with van der Waals surface area (Å²) in [5, 5.41) is 19.5. The number of benzene rings is 2. The number of carboxylic acid groups (broad SMARTS) is 2. The van der Waals surface area contributed by atoms with Crippen LogP contribution in [0, 0.1) is 0 Å². The molecule has 2 aromatic carbocycles. The largest absolute Gasteiger partial charge is 0.547 e. The maximum Gasteiger partial charge on any atom is 0.362 e. The number of fused-ring (bicyclic) bond motifs is 1. The summed E-state index contributed by atoms with van der Waals surface area (Å²) in [4.78, 5) is 27.3. The number of hydrogen-bond acceptors (Lipinski definition) is 8.